The highest BCUT2D eigenvalue weighted by molar-refractivity contribution is 5.92. The second-order valence-electron chi connectivity index (χ2n) is 10.4. The van der Waals surface area contributed by atoms with Crippen molar-refractivity contribution < 1.29 is 15.0 Å². The zero-order valence-electron chi connectivity index (χ0n) is 20.2. The van der Waals surface area contributed by atoms with E-state index in [0.717, 1.165) is 68.0 Å². The van der Waals surface area contributed by atoms with E-state index in [9.17, 15) is 19.8 Å². The summed E-state index contributed by atoms with van der Waals surface area (Å²) in [6.45, 7) is 2.75. The van der Waals surface area contributed by atoms with Gasteiger partial charge in [0.1, 0.15) is 5.65 Å². The molecule has 0 unspecified atom stereocenters. The summed E-state index contributed by atoms with van der Waals surface area (Å²) in [5.74, 6) is -1.12. The van der Waals surface area contributed by atoms with Gasteiger partial charge in [-0.05, 0) is 50.3 Å². The number of amides is 1. The molecule has 3 aromatic rings. The molecule has 3 aromatic heterocycles. The van der Waals surface area contributed by atoms with Gasteiger partial charge in [-0.15, -0.1) is 0 Å². The van der Waals surface area contributed by atoms with Crippen molar-refractivity contribution in [1.29, 1.82) is 0 Å². The maximum atomic E-state index is 13.0. The summed E-state index contributed by atoms with van der Waals surface area (Å²) in [4.78, 5) is 30.2. The molecule has 2 saturated carbocycles. The highest BCUT2D eigenvalue weighted by Crippen LogP contribution is 2.41. The predicted molar refractivity (Wildman–Crippen MR) is 131 cm³/mol. The van der Waals surface area contributed by atoms with Crippen LogP contribution in [0.25, 0.3) is 11.0 Å². The van der Waals surface area contributed by atoms with E-state index in [2.05, 4.69) is 39.2 Å². The molecule has 0 saturated heterocycles. The Balaban J connectivity index is 1.46. The first-order chi connectivity index (χ1) is 16.9. The molecule has 2 aliphatic carbocycles. The average Bonchev–Trinajstić information content (AvgIpc) is 3.60. The normalized spacial score (nSPS) is 18.8. The Morgan fingerprint density at radius 1 is 1.14 bits per heavy atom. The van der Waals surface area contributed by atoms with Gasteiger partial charge in [-0.25, -0.2) is 4.98 Å². The van der Waals surface area contributed by atoms with E-state index in [-0.39, 0.29) is 29.8 Å². The SMILES string of the molecule is Cc1cn(C2(Cn3cc(O)c(=O)c(C(=O)NCC4(CO)CCCC4)n3)CCCC2)c2ncccc12. The molecule has 9 nitrogen and oxygen atoms in total. The number of aliphatic hydroxyl groups is 1. The largest absolute Gasteiger partial charge is 0.503 e. The van der Waals surface area contributed by atoms with Crippen LogP contribution in [0.3, 0.4) is 0 Å². The molecule has 3 N–H and O–H groups in total. The lowest BCUT2D eigenvalue weighted by molar-refractivity contribution is 0.0870. The number of rotatable bonds is 7. The smallest absolute Gasteiger partial charge is 0.275 e. The van der Waals surface area contributed by atoms with E-state index in [1.807, 2.05) is 6.07 Å². The molecule has 2 fully saturated rings. The molecule has 2 aliphatic rings. The third-order valence-electron chi connectivity index (χ3n) is 8.05. The summed E-state index contributed by atoms with van der Waals surface area (Å²) in [7, 11) is 0. The number of hydrogen-bond donors (Lipinski definition) is 3. The lowest BCUT2D eigenvalue weighted by Gasteiger charge is -2.32. The molecule has 5 rings (SSSR count). The molecule has 0 spiro atoms. The van der Waals surface area contributed by atoms with E-state index in [0.29, 0.717) is 6.54 Å². The summed E-state index contributed by atoms with van der Waals surface area (Å²) in [5, 5.41) is 28.5. The first-order valence-corrected chi connectivity index (χ1v) is 12.5. The second-order valence-corrected chi connectivity index (χ2v) is 10.4. The van der Waals surface area contributed by atoms with Crippen molar-refractivity contribution in [1.82, 2.24) is 24.6 Å². The molecule has 0 atom stereocenters. The van der Waals surface area contributed by atoms with Crippen LogP contribution in [0, 0.1) is 12.3 Å². The Morgan fingerprint density at radius 2 is 1.86 bits per heavy atom. The predicted octanol–water partition coefficient (Wildman–Crippen LogP) is 2.86. The zero-order valence-corrected chi connectivity index (χ0v) is 20.2. The first-order valence-electron chi connectivity index (χ1n) is 12.5. The van der Waals surface area contributed by atoms with Gasteiger partial charge in [0.25, 0.3) is 11.3 Å². The van der Waals surface area contributed by atoms with Gasteiger partial charge in [0.05, 0.1) is 24.9 Å². The molecule has 0 radical (unpaired) electrons. The molecule has 3 heterocycles. The van der Waals surface area contributed by atoms with Crippen molar-refractivity contribution in [2.45, 2.75) is 70.4 Å². The van der Waals surface area contributed by atoms with Crippen molar-refractivity contribution in [2.24, 2.45) is 5.41 Å². The van der Waals surface area contributed by atoms with Gasteiger partial charge in [0.15, 0.2) is 11.4 Å². The van der Waals surface area contributed by atoms with E-state index >= 15 is 0 Å². The highest BCUT2D eigenvalue weighted by atomic mass is 16.3. The molecular formula is C26H33N5O4. The molecule has 0 bridgehead atoms. The topological polar surface area (TPSA) is 122 Å². The summed E-state index contributed by atoms with van der Waals surface area (Å²) >= 11 is 0. The molecule has 9 heteroatoms. The zero-order chi connectivity index (χ0) is 24.6. The van der Waals surface area contributed by atoms with Gasteiger partial charge < -0.3 is 20.1 Å². The molecule has 186 valence electrons. The molecule has 35 heavy (non-hydrogen) atoms. The van der Waals surface area contributed by atoms with E-state index < -0.39 is 17.1 Å². The van der Waals surface area contributed by atoms with E-state index in [1.165, 1.54) is 10.9 Å². The first kappa shape index (κ1) is 23.5. The van der Waals surface area contributed by atoms with Crippen LogP contribution < -0.4 is 10.7 Å². The number of aryl methyl sites for hydroxylation is 1. The Labute approximate surface area is 203 Å². The van der Waals surface area contributed by atoms with Crippen molar-refractivity contribution in [3.8, 4) is 5.75 Å². The van der Waals surface area contributed by atoms with Gasteiger partial charge >= 0.3 is 0 Å². The lowest BCUT2D eigenvalue weighted by Crippen LogP contribution is -2.41. The number of aromatic nitrogens is 4. The lowest BCUT2D eigenvalue weighted by atomic mass is 9.87. The molecular weight excluding hydrogens is 446 g/mol. The van der Waals surface area contributed by atoms with Gasteiger partial charge in [0, 0.05) is 29.7 Å². The summed E-state index contributed by atoms with van der Waals surface area (Å²) in [6.07, 6.45) is 12.8. The summed E-state index contributed by atoms with van der Waals surface area (Å²) in [6, 6.07) is 3.99. The van der Waals surface area contributed by atoms with E-state index in [4.69, 9.17) is 0 Å². The van der Waals surface area contributed by atoms with Crippen molar-refractivity contribution in [3.05, 3.63) is 52.2 Å². The number of fused-ring (bicyclic) bond motifs is 1. The van der Waals surface area contributed by atoms with Crippen LogP contribution in [0.15, 0.2) is 35.5 Å². The minimum absolute atomic E-state index is 0.00816. The second kappa shape index (κ2) is 9.11. The Hall–Kier alpha value is -3.20. The number of nitrogens with one attached hydrogen (secondary N) is 1. The quantitative estimate of drug-likeness (QED) is 0.479. The Kier molecular flexibility index (Phi) is 6.13. The van der Waals surface area contributed by atoms with Crippen molar-refractivity contribution >= 4 is 16.9 Å². The van der Waals surface area contributed by atoms with Crippen LogP contribution in [0.5, 0.6) is 5.75 Å². The fraction of sp³-hybridized carbons (Fsp3) is 0.538. The standard InChI is InChI=1S/C26H33N5O4/c1-18-13-31(23-19(18)7-6-12-27-23)26(10-4-5-11-26)16-30-14-20(33)22(34)21(29-30)24(35)28-15-25(17-32)8-2-3-9-25/h6-7,12-14,32-33H,2-5,8-11,15-17H2,1H3,(H,28,35). The monoisotopic (exact) mass is 479 g/mol. The fourth-order valence-electron chi connectivity index (χ4n) is 6.01. The van der Waals surface area contributed by atoms with E-state index in [1.54, 1.807) is 6.20 Å². The molecule has 1 amide bonds. The van der Waals surface area contributed by atoms with Crippen LogP contribution in [0.1, 0.15) is 67.4 Å². The average molecular weight is 480 g/mol. The molecule has 0 aliphatic heterocycles. The highest BCUT2D eigenvalue weighted by Gasteiger charge is 2.38. The minimum atomic E-state index is -0.785. The fourth-order valence-corrected chi connectivity index (χ4v) is 6.01. The van der Waals surface area contributed by atoms with Gasteiger partial charge in [0.2, 0.25) is 0 Å². The van der Waals surface area contributed by atoms with Gasteiger partial charge in [-0.2, -0.15) is 5.10 Å². The maximum absolute atomic E-state index is 13.0. The number of aromatic hydroxyl groups is 1. The Morgan fingerprint density at radius 3 is 2.57 bits per heavy atom. The van der Waals surface area contributed by atoms with Crippen LogP contribution >= 0.6 is 0 Å². The number of hydrogen-bond acceptors (Lipinski definition) is 6. The number of carbonyl (C=O) groups is 1. The van der Waals surface area contributed by atoms with Gasteiger partial charge in [-0.3, -0.25) is 14.3 Å². The third-order valence-corrected chi connectivity index (χ3v) is 8.05. The summed E-state index contributed by atoms with van der Waals surface area (Å²) < 4.78 is 3.74. The number of pyridine rings is 1. The van der Waals surface area contributed by atoms with Crippen LogP contribution in [0.4, 0.5) is 0 Å². The Bertz CT molecular complexity index is 1300. The van der Waals surface area contributed by atoms with Crippen molar-refractivity contribution in [2.75, 3.05) is 13.2 Å². The van der Waals surface area contributed by atoms with Gasteiger partial charge in [-0.1, -0.05) is 25.7 Å². The number of aliphatic hydroxyl groups excluding tert-OH is 1. The third kappa shape index (κ3) is 4.22. The van der Waals surface area contributed by atoms with Crippen LogP contribution in [-0.4, -0.2) is 48.6 Å². The maximum Gasteiger partial charge on any atom is 0.275 e. The molecule has 0 aromatic carbocycles. The van der Waals surface area contributed by atoms with Crippen molar-refractivity contribution in [3.63, 3.8) is 0 Å². The number of nitrogens with zero attached hydrogens (tertiary/aromatic N) is 4. The summed E-state index contributed by atoms with van der Waals surface area (Å²) in [5.41, 5.74) is 0.262. The van der Waals surface area contributed by atoms with Crippen LogP contribution in [0.2, 0.25) is 0 Å². The minimum Gasteiger partial charge on any atom is -0.503 e. The number of carbonyl (C=O) groups excluding carboxylic acids is 1. The van der Waals surface area contributed by atoms with Crippen LogP contribution in [-0.2, 0) is 12.1 Å².